The monoisotopic (exact) mass is 265 g/mol. The Hall–Kier alpha value is -0.250. The van der Waals surface area contributed by atoms with Gasteiger partial charge in [-0.2, -0.15) is 13.2 Å². The van der Waals surface area contributed by atoms with Crippen LogP contribution in [0, 0.1) is 11.8 Å². The average Bonchev–Trinajstić information content (AvgIpc) is 2.20. The van der Waals surface area contributed by atoms with Crippen molar-refractivity contribution in [1.82, 2.24) is 5.32 Å². The second kappa shape index (κ2) is 6.78. The second-order valence-electron chi connectivity index (χ2n) is 6.08. The van der Waals surface area contributed by atoms with Gasteiger partial charge in [0.25, 0.3) is 0 Å². The number of hydrogen-bond acceptors (Lipinski definition) is 1. The van der Waals surface area contributed by atoms with Crippen LogP contribution >= 0.6 is 0 Å². The first-order valence-electron chi connectivity index (χ1n) is 7.10. The molecule has 1 N–H and O–H groups in total. The van der Waals surface area contributed by atoms with Gasteiger partial charge >= 0.3 is 6.18 Å². The molecule has 0 aliphatic heterocycles. The molecule has 1 nitrogen and oxygen atoms in total. The van der Waals surface area contributed by atoms with Crippen molar-refractivity contribution in [3.63, 3.8) is 0 Å². The van der Waals surface area contributed by atoms with Crippen molar-refractivity contribution in [2.75, 3.05) is 0 Å². The first kappa shape index (κ1) is 15.8. The molecule has 108 valence electrons. The third kappa shape index (κ3) is 6.07. The van der Waals surface area contributed by atoms with Gasteiger partial charge in [0, 0.05) is 18.5 Å². The van der Waals surface area contributed by atoms with Crippen molar-refractivity contribution in [3.05, 3.63) is 0 Å². The fourth-order valence-corrected chi connectivity index (χ4v) is 2.97. The zero-order chi connectivity index (χ0) is 13.8. The van der Waals surface area contributed by atoms with Crippen molar-refractivity contribution in [1.29, 1.82) is 0 Å². The van der Waals surface area contributed by atoms with Crippen molar-refractivity contribution in [2.45, 2.75) is 77.6 Å². The third-order valence-corrected chi connectivity index (χ3v) is 4.03. The van der Waals surface area contributed by atoms with E-state index in [9.17, 15) is 13.2 Å². The van der Waals surface area contributed by atoms with Gasteiger partial charge < -0.3 is 5.32 Å². The number of rotatable bonds is 5. The average molecular weight is 265 g/mol. The van der Waals surface area contributed by atoms with E-state index in [-0.39, 0.29) is 12.5 Å². The molecule has 0 spiro atoms. The molecule has 0 aromatic rings. The molecule has 1 aliphatic carbocycles. The Morgan fingerprint density at radius 1 is 1.22 bits per heavy atom. The van der Waals surface area contributed by atoms with E-state index in [4.69, 9.17) is 0 Å². The predicted octanol–water partition coefficient (Wildman–Crippen LogP) is 4.52. The van der Waals surface area contributed by atoms with Crippen LogP contribution in [0.25, 0.3) is 0 Å². The molecule has 18 heavy (non-hydrogen) atoms. The van der Waals surface area contributed by atoms with Gasteiger partial charge in [-0.05, 0) is 50.9 Å². The number of hydrogen-bond donors (Lipinski definition) is 1. The SMILES string of the molecule is CC1CCC(NC(C)CCCC(F)(F)F)C(C)C1. The van der Waals surface area contributed by atoms with Crippen LogP contribution in [0.2, 0.25) is 0 Å². The second-order valence-corrected chi connectivity index (χ2v) is 6.08. The molecule has 1 aliphatic rings. The van der Waals surface area contributed by atoms with Crippen molar-refractivity contribution in [3.8, 4) is 0 Å². The van der Waals surface area contributed by atoms with Crippen LogP contribution < -0.4 is 5.32 Å². The Balaban J connectivity index is 2.21. The molecule has 0 aromatic carbocycles. The molecular weight excluding hydrogens is 239 g/mol. The molecule has 0 amide bonds. The fraction of sp³-hybridized carbons (Fsp3) is 1.00. The van der Waals surface area contributed by atoms with Gasteiger partial charge in [-0.1, -0.05) is 13.8 Å². The molecule has 1 rings (SSSR count). The van der Waals surface area contributed by atoms with E-state index in [2.05, 4.69) is 19.2 Å². The molecular formula is C14H26F3N. The minimum Gasteiger partial charge on any atom is -0.311 e. The summed E-state index contributed by atoms with van der Waals surface area (Å²) >= 11 is 0. The van der Waals surface area contributed by atoms with E-state index in [1.165, 1.54) is 12.8 Å². The number of halogens is 3. The van der Waals surface area contributed by atoms with E-state index >= 15 is 0 Å². The molecule has 4 unspecified atom stereocenters. The lowest BCUT2D eigenvalue weighted by Crippen LogP contribution is -2.43. The summed E-state index contributed by atoms with van der Waals surface area (Å²) in [6.45, 7) is 6.52. The van der Waals surface area contributed by atoms with Gasteiger partial charge in [0.1, 0.15) is 0 Å². The largest absolute Gasteiger partial charge is 0.389 e. The highest BCUT2D eigenvalue weighted by molar-refractivity contribution is 4.82. The van der Waals surface area contributed by atoms with E-state index in [1.54, 1.807) is 0 Å². The minimum absolute atomic E-state index is 0.188. The summed E-state index contributed by atoms with van der Waals surface area (Å²) in [5, 5.41) is 3.51. The van der Waals surface area contributed by atoms with Crippen LogP contribution in [-0.4, -0.2) is 18.3 Å². The molecule has 1 fully saturated rings. The Kier molecular flexibility index (Phi) is 5.96. The van der Waals surface area contributed by atoms with Crippen LogP contribution in [0.1, 0.15) is 59.3 Å². The highest BCUT2D eigenvalue weighted by Gasteiger charge is 2.28. The van der Waals surface area contributed by atoms with Crippen LogP contribution in [0.3, 0.4) is 0 Å². The van der Waals surface area contributed by atoms with Gasteiger partial charge in [0.2, 0.25) is 0 Å². The smallest absolute Gasteiger partial charge is 0.311 e. The molecule has 0 bridgehead atoms. The molecule has 0 saturated heterocycles. The van der Waals surface area contributed by atoms with Crippen molar-refractivity contribution < 1.29 is 13.2 Å². The summed E-state index contributed by atoms with van der Waals surface area (Å²) in [6.07, 6.45) is -0.201. The molecule has 4 atom stereocenters. The van der Waals surface area contributed by atoms with Gasteiger partial charge in [-0.15, -0.1) is 0 Å². The topological polar surface area (TPSA) is 12.0 Å². The van der Waals surface area contributed by atoms with Crippen LogP contribution in [0.4, 0.5) is 13.2 Å². The summed E-state index contributed by atoms with van der Waals surface area (Å²) in [5.74, 6) is 1.43. The standard InChI is InChI=1S/C14H26F3N/c1-10-6-7-13(11(2)9-10)18-12(3)5-4-8-14(15,16)17/h10-13,18H,4-9H2,1-3H3. The van der Waals surface area contributed by atoms with Crippen LogP contribution in [0.15, 0.2) is 0 Å². The summed E-state index contributed by atoms with van der Waals surface area (Å²) in [6, 6.07) is 0.676. The fourth-order valence-electron chi connectivity index (χ4n) is 2.97. The maximum absolute atomic E-state index is 12.0. The first-order valence-corrected chi connectivity index (χ1v) is 7.10. The minimum atomic E-state index is -4.01. The Morgan fingerprint density at radius 3 is 2.44 bits per heavy atom. The summed E-state index contributed by atoms with van der Waals surface area (Å²) in [7, 11) is 0. The summed E-state index contributed by atoms with van der Waals surface area (Å²) < 4.78 is 36.1. The quantitative estimate of drug-likeness (QED) is 0.770. The molecule has 4 heteroatoms. The number of alkyl halides is 3. The molecule has 1 saturated carbocycles. The van der Waals surface area contributed by atoms with E-state index in [0.29, 0.717) is 18.4 Å². The first-order chi connectivity index (χ1) is 8.28. The number of nitrogens with one attached hydrogen (secondary N) is 1. The lowest BCUT2D eigenvalue weighted by Gasteiger charge is -2.35. The maximum Gasteiger partial charge on any atom is 0.389 e. The zero-order valence-electron chi connectivity index (χ0n) is 11.7. The third-order valence-electron chi connectivity index (χ3n) is 4.03. The van der Waals surface area contributed by atoms with Crippen LogP contribution in [0.5, 0.6) is 0 Å². The Morgan fingerprint density at radius 2 is 1.89 bits per heavy atom. The zero-order valence-corrected chi connectivity index (χ0v) is 11.7. The summed E-state index contributed by atoms with van der Waals surface area (Å²) in [4.78, 5) is 0. The molecule has 0 radical (unpaired) electrons. The van der Waals surface area contributed by atoms with E-state index < -0.39 is 12.6 Å². The molecule has 0 heterocycles. The maximum atomic E-state index is 12.0. The van der Waals surface area contributed by atoms with Gasteiger partial charge in [0.05, 0.1) is 0 Å². The summed E-state index contributed by atoms with van der Waals surface area (Å²) in [5.41, 5.74) is 0. The van der Waals surface area contributed by atoms with E-state index in [0.717, 1.165) is 12.3 Å². The van der Waals surface area contributed by atoms with Crippen molar-refractivity contribution in [2.24, 2.45) is 11.8 Å². The highest BCUT2D eigenvalue weighted by atomic mass is 19.4. The predicted molar refractivity (Wildman–Crippen MR) is 68.5 cm³/mol. The molecule has 0 aromatic heterocycles. The lowest BCUT2D eigenvalue weighted by molar-refractivity contribution is -0.135. The highest BCUT2D eigenvalue weighted by Crippen LogP contribution is 2.29. The normalized spacial score (nSPS) is 31.3. The van der Waals surface area contributed by atoms with Gasteiger partial charge in [0.15, 0.2) is 0 Å². The van der Waals surface area contributed by atoms with E-state index in [1.807, 2.05) is 6.92 Å². The van der Waals surface area contributed by atoms with Gasteiger partial charge in [-0.3, -0.25) is 0 Å². The van der Waals surface area contributed by atoms with Crippen LogP contribution in [-0.2, 0) is 0 Å². The Labute approximate surface area is 109 Å². The Bertz CT molecular complexity index is 240. The lowest BCUT2D eigenvalue weighted by atomic mass is 9.79. The van der Waals surface area contributed by atoms with Gasteiger partial charge in [-0.25, -0.2) is 0 Å². The van der Waals surface area contributed by atoms with Crippen molar-refractivity contribution >= 4 is 0 Å².